The van der Waals surface area contributed by atoms with E-state index in [0.717, 1.165) is 0 Å². The van der Waals surface area contributed by atoms with Crippen LogP contribution in [0.15, 0.2) is 0 Å². The lowest BCUT2D eigenvalue weighted by Gasteiger charge is -1.99. The molecular formula is C6H10O9. The summed E-state index contributed by atoms with van der Waals surface area (Å²) in [5, 5.41) is 29.8. The highest BCUT2D eigenvalue weighted by molar-refractivity contribution is 5.57. The lowest BCUT2D eigenvalue weighted by Crippen LogP contribution is -2.07. The van der Waals surface area contributed by atoms with Crippen LogP contribution in [0.2, 0.25) is 0 Å². The molecule has 9 heteroatoms. The van der Waals surface area contributed by atoms with Crippen LogP contribution in [0.4, 0.5) is 14.4 Å². The molecular weight excluding hydrogens is 216 g/mol. The summed E-state index contributed by atoms with van der Waals surface area (Å²) in [6.45, 7) is -0.106. The SMILES string of the molecule is O=C(O)O.O=C(O)OCCCOC(=O)O. The summed E-state index contributed by atoms with van der Waals surface area (Å²) in [5.41, 5.74) is 0. The van der Waals surface area contributed by atoms with E-state index in [1.54, 1.807) is 0 Å². The van der Waals surface area contributed by atoms with E-state index in [2.05, 4.69) is 9.47 Å². The zero-order valence-corrected chi connectivity index (χ0v) is 7.45. The third-order valence-corrected chi connectivity index (χ3v) is 0.740. The summed E-state index contributed by atoms with van der Waals surface area (Å²) in [5.74, 6) is 0. The maximum Gasteiger partial charge on any atom is 0.505 e. The molecule has 0 aliphatic carbocycles. The second-order valence-corrected chi connectivity index (χ2v) is 1.86. The van der Waals surface area contributed by atoms with Crippen molar-refractivity contribution in [1.29, 1.82) is 0 Å². The molecule has 0 heterocycles. The van der Waals surface area contributed by atoms with Crippen molar-refractivity contribution < 1.29 is 44.3 Å². The van der Waals surface area contributed by atoms with Gasteiger partial charge in [0.1, 0.15) is 0 Å². The van der Waals surface area contributed by atoms with Crippen LogP contribution in [0.5, 0.6) is 0 Å². The van der Waals surface area contributed by atoms with E-state index >= 15 is 0 Å². The van der Waals surface area contributed by atoms with Crippen molar-refractivity contribution in [3.05, 3.63) is 0 Å². The fourth-order valence-electron chi connectivity index (χ4n) is 0.378. The predicted molar refractivity (Wildman–Crippen MR) is 43.2 cm³/mol. The molecule has 15 heavy (non-hydrogen) atoms. The van der Waals surface area contributed by atoms with Gasteiger partial charge in [-0.25, -0.2) is 14.4 Å². The molecule has 4 N–H and O–H groups in total. The van der Waals surface area contributed by atoms with Crippen LogP contribution in [-0.2, 0) is 9.47 Å². The van der Waals surface area contributed by atoms with Crippen LogP contribution in [0, 0.1) is 0 Å². The first-order chi connectivity index (χ1) is 6.86. The number of ether oxygens (including phenoxy) is 2. The van der Waals surface area contributed by atoms with Gasteiger partial charge in [-0.05, 0) is 0 Å². The Labute approximate surface area is 83.5 Å². The van der Waals surface area contributed by atoms with Gasteiger partial charge in [-0.15, -0.1) is 0 Å². The third-order valence-electron chi connectivity index (χ3n) is 0.740. The first-order valence-electron chi connectivity index (χ1n) is 3.49. The summed E-state index contributed by atoms with van der Waals surface area (Å²) in [4.78, 5) is 28.0. The second-order valence-electron chi connectivity index (χ2n) is 1.86. The molecule has 0 spiro atoms. The van der Waals surface area contributed by atoms with Gasteiger partial charge in [-0.1, -0.05) is 0 Å². The molecule has 0 aromatic carbocycles. The van der Waals surface area contributed by atoms with Crippen molar-refractivity contribution in [2.45, 2.75) is 6.42 Å². The molecule has 0 aromatic rings. The Bertz CT molecular complexity index is 191. The van der Waals surface area contributed by atoms with Crippen LogP contribution in [0.3, 0.4) is 0 Å². The van der Waals surface area contributed by atoms with Gasteiger partial charge in [0.2, 0.25) is 0 Å². The normalized spacial score (nSPS) is 8.00. The Balaban J connectivity index is 0. The Kier molecular flexibility index (Phi) is 10.1. The summed E-state index contributed by atoms with van der Waals surface area (Å²) in [6.07, 6.45) is -4.35. The highest BCUT2D eigenvalue weighted by Gasteiger charge is 1.98. The standard InChI is InChI=1S/C5H8O6.CH2O3/c6-4(7)10-2-1-3-11-5(8)9;2-1(3)4/h1-3H2,(H,6,7)(H,8,9);(H2,2,3,4). The minimum absolute atomic E-state index is 0.0530. The molecule has 0 saturated heterocycles. The van der Waals surface area contributed by atoms with Crippen molar-refractivity contribution in [2.75, 3.05) is 13.2 Å². The van der Waals surface area contributed by atoms with Gasteiger partial charge in [0, 0.05) is 6.42 Å². The Morgan fingerprint density at radius 2 is 1.07 bits per heavy atom. The van der Waals surface area contributed by atoms with E-state index in [4.69, 9.17) is 25.2 Å². The van der Waals surface area contributed by atoms with Gasteiger partial charge in [0.25, 0.3) is 0 Å². The van der Waals surface area contributed by atoms with Gasteiger partial charge >= 0.3 is 18.5 Å². The van der Waals surface area contributed by atoms with E-state index in [1.807, 2.05) is 0 Å². The molecule has 0 radical (unpaired) electrons. The highest BCUT2D eigenvalue weighted by Crippen LogP contribution is 1.85. The summed E-state index contributed by atoms with van der Waals surface area (Å²) < 4.78 is 8.13. The number of carbonyl (C=O) groups is 3. The third kappa shape index (κ3) is 33.7. The quantitative estimate of drug-likeness (QED) is 0.406. The average Bonchev–Trinajstić information content (AvgIpc) is 2.01. The molecule has 0 aliphatic rings. The molecule has 0 aromatic heterocycles. The smallest absolute Gasteiger partial charge is 0.450 e. The maximum absolute atomic E-state index is 9.72. The van der Waals surface area contributed by atoms with Crippen molar-refractivity contribution in [3.63, 3.8) is 0 Å². The number of rotatable bonds is 4. The zero-order valence-electron chi connectivity index (χ0n) is 7.45. The van der Waals surface area contributed by atoms with E-state index in [1.165, 1.54) is 0 Å². The predicted octanol–water partition coefficient (Wildman–Crippen LogP) is 0.988. The van der Waals surface area contributed by atoms with Crippen LogP contribution in [0.1, 0.15) is 6.42 Å². The molecule has 0 saturated carbocycles. The van der Waals surface area contributed by atoms with Crippen LogP contribution < -0.4 is 0 Å². The zero-order chi connectivity index (χ0) is 12.3. The first kappa shape index (κ1) is 15.3. The monoisotopic (exact) mass is 226 g/mol. The van der Waals surface area contributed by atoms with Gasteiger partial charge in [0.05, 0.1) is 13.2 Å². The first-order valence-corrected chi connectivity index (χ1v) is 3.49. The molecule has 88 valence electrons. The number of carboxylic acid groups (broad SMARTS) is 4. The van der Waals surface area contributed by atoms with Crippen LogP contribution in [0.25, 0.3) is 0 Å². The fraction of sp³-hybridized carbons (Fsp3) is 0.500. The number of hydrogen-bond acceptors (Lipinski definition) is 5. The van der Waals surface area contributed by atoms with Crippen molar-refractivity contribution in [2.24, 2.45) is 0 Å². The van der Waals surface area contributed by atoms with Gasteiger partial charge in [-0.2, -0.15) is 0 Å². The summed E-state index contributed by atoms with van der Waals surface area (Å²) in [7, 11) is 0. The molecule has 0 fully saturated rings. The topological polar surface area (TPSA) is 151 Å². The number of hydrogen-bond donors (Lipinski definition) is 4. The van der Waals surface area contributed by atoms with Crippen molar-refractivity contribution >= 4 is 18.5 Å². The maximum atomic E-state index is 9.72. The summed E-state index contributed by atoms with van der Waals surface area (Å²) in [6, 6.07) is 0. The minimum Gasteiger partial charge on any atom is -0.450 e. The van der Waals surface area contributed by atoms with Gasteiger partial charge in [0.15, 0.2) is 0 Å². The van der Waals surface area contributed by atoms with Crippen molar-refractivity contribution in [3.8, 4) is 0 Å². The molecule has 0 aliphatic heterocycles. The molecule has 0 rings (SSSR count). The van der Waals surface area contributed by atoms with Gasteiger partial charge in [-0.3, -0.25) is 0 Å². The fourth-order valence-corrected chi connectivity index (χ4v) is 0.378. The average molecular weight is 226 g/mol. The lowest BCUT2D eigenvalue weighted by molar-refractivity contribution is 0.0688. The van der Waals surface area contributed by atoms with Crippen molar-refractivity contribution in [1.82, 2.24) is 0 Å². The minimum atomic E-state index is -1.83. The van der Waals surface area contributed by atoms with E-state index in [0.29, 0.717) is 0 Å². The van der Waals surface area contributed by atoms with Crippen LogP contribution in [-0.4, -0.2) is 52.1 Å². The Hall–Kier alpha value is -2.19. The summed E-state index contributed by atoms with van der Waals surface area (Å²) >= 11 is 0. The molecule has 0 atom stereocenters. The van der Waals surface area contributed by atoms with E-state index in [9.17, 15) is 9.59 Å². The molecule has 0 amide bonds. The molecule has 0 unspecified atom stereocenters. The molecule has 9 nitrogen and oxygen atoms in total. The lowest BCUT2D eigenvalue weighted by atomic mass is 10.5. The Morgan fingerprint density at radius 3 is 1.27 bits per heavy atom. The molecule has 0 bridgehead atoms. The van der Waals surface area contributed by atoms with E-state index < -0.39 is 18.5 Å². The Morgan fingerprint density at radius 1 is 0.800 bits per heavy atom. The largest absolute Gasteiger partial charge is 0.505 e. The van der Waals surface area contributed by atoms with Crippen LogP contribution >= 0.6 is 0 Å². The second kappa shape index (κ2) is 9.89. The van der Waals surface area contributed by atoms with Gasteiger partial charge < -0.3 is 29.9 Å². The highest BCUT2D eigenvalue weighted by atomic mass is 16.7. The van der Waals surface area contributed by atoms with E-state index in [-0.39, 0.29) is 19.6 Å².